The van der Waals surface area contributed by atoms with Crippen LogP contribution in [0.4, 0.5) is 0 Å². The van der Waals surface area contributed by atoms with Gasteiger partial charge in [-0.05, 0) is 12.8 Å². The zero-order valence-corrected chi connectivity index (χ0v) is 6.85. The molecule has 1 N–H and O–H groups in total. The minimum Gasteiger partial charge on any atom is -0.396 e. The van der Waals surface area contributed by atoms with Crippen molar-refractivity contribution in [2.45, 2.75) is 25.7 Å². The second kappa shape index (κ2) is 7.02. The summed E-state index contributed by atoms with van der Waals surface area (Å²) in [6, 6.07) is 0. The first-order valence-corrected chi connectivity index (χ1v) is 4.86. The fraction of sp³-hybridized carbons (Fsp3) is 1.00. The second-order valence-electron chi connectivity index (χ2n) is 2.19. The molecule has 10 heavy (non-hydrogen) atoms. The smallest absolute Gasteiger partial charge is 0.140 e. The monoisotopic (exact) mass is 166 g/mol. The van der Waals surface area contributed by atoms with E-state index in [0.717, 1.165) is 25.7 Å². The molecule has 0 bridgehead atoms. The molecule has 0 spiro atoms. The van der Waals surface area contributed by atoms with Crippen molar-refractivity contribution in [3.05, 3.63) is 0 Å². The highest BCUT2D eigenvalue weighted by Gasteiger charge is 1.89. The number of hydrogen-bond acceptors (Lipinski definition) is 3. The average molecular weight is 166 g/mol. The Morgan fingerprint density at radius 2 is 1.60 bits per heavy atom. The van der Waals surface area contributed by atoms with Crippen LogP contribution in [0.3, 0.4) is 0 Å². The van der Waals surface area contributed by atoms with E-state index in [1.54, 1.807) is 0 Å². The van der Waals surface area contributed by atoms with Crippen molar-refractivity contribution < 1.29 is 13.5 Å². The van der Waals surface area contributed by atoms with E-state index in [1.807, 2.05) is 0 Å². The quantitative estimate of drug-likeness (QED) is 0.436. The number of rotatable bonds is 6. The van der Waals surface area contributed by atoms with E-state index in [4.69, 9.17) is 5.11 Å². The van der Waals surface area contributed by atoms with Gasteiger partial charge < -0.3 is 5.11 Å². The molecule has 0 unspecified atom stereocenters. The van der Waals surface area contributed by atoms with Crippen molar-refractivity contribution in [2.24, 2.45) is 0 Å². The van der Waals surface area contributed by atoms with Crippen molar-refractivity contribution in [1.29, 1.82) is 0 Å². The molecule has 0 aromatic carbocycles. The Morgan fingerprint density at radius 3 is 2.10 bits per heavy atom. The SMILES string of the molecule is O=[SH](=O)CCCCCCO. The van der Waals surface area contributed by atoms with Crippen LogP contribution in [-0.4, -0.2) is 25.9 Å². The maximum Gasteiger partial charge on any atom is 0.140 e. The van der Waals surface area contributed by atoms with E-state index in [2.05, 4.69) is 0 Å². The summed E-state index contributed by atoms with van der Waals surface area (Å²) in [4.78, 5) is 0. The van der Waals surface area contributed by atoms with Crippen LogP contribution in [0.15, 0.2) is 0 Å². The molecule has 0 rings (SSSR count). The number of unbranched alkanes of at least 4 members (excludes halogenated alkanes) is 3. The van der Waals surface area contributed by atoms with Crippen molar-refractivity contribution >= 4 is 10.7 Å². The molecular weight excluding hydrogens is 152 g/mol. The Hall–Kier alpha value is -0.0900. The zero-order chi connectivity index (χ0) is 7.82. The van der Waals surface area contributed by atoms with Crippen LogP contribution in [-0.2, 0) is 10.7 Å². The fourth-order valence-electron chi connectivity index (χ4n) is 0.706. The lowest BCUT2D eigenvalue weighted by Gasteiger charge is -1.93. The molecule has 0 fully saturated rings. The lowest BCUT2D eigenvalue weighted by Crippen LogP contribution is -1.88. The predicted molar refractivity (Wildman–Crippen MR) is 40.7 cm³/mol. The van der Waals surface area contributed by atoms with E-state index >= 15 is 0 Å². The van der Waals surface area contributed by atoms with E-state index in [9.17, 15) is 8.42 Å². The largest absolute Gasteiger partial charge is 0.396 e. The first-order valence-electron chi connectivity index (χ1n) is 3.50. The number of thiol groups is 1. The van der Waals surface area contributed by atoms with Gasteiger partial charge in [0.15, 0.2) is 0 Å². The molecule has 0 radical (unpaired) electrons. The summed E-state index contributed by atoms with van der Waals surface area (Å²) in [5.74, 6) is 0.292. The molecule has 0 atom stereocenters. The predicted octanol–water partition coefficient (Wildman–Crippen LogP) is 0.151. The van der Waals surface area contributed by atoms with Gasteiger partial charge in [0.2, 0.25) is 0 Å². The van der Waals surface area contributed by atoms with Gasteiger partial charge in [0.05, 0.1) is 0 Å². The molecule has 0 aromatic rings. The molecule has 0 aliphatic rings. The van der Waals surface area contributed by atoms with Gasteiger partial charge in [-0.3, -0.25) is 0 Å². The van der Waals surface area contributed by atoms with Crippen molar-refractivity contribution in [3.63, 3.8) is 0 Å². The van der Waals surface area contributed by atoms with Crippen LogP contribution in [0.1, 0.15) is 25.7 Å². The van der Waals surface area contributed by atoms with Gasteiger partial charge in [-0.15, -0.1) is 0 Å². The highest BCUT2D eigenvalue weighted by molar-refractivity contribution is 7.72. The van der Waals surface area contributed by atoms with Gasteiger partial charge in [-0.2, -0.15) is 0 Å². The van der Waals surface area contributed by atoms with Gasteiger partial charge in [-0.1, -0.05) is 12.8 Å². The standard InChI is InChI=1S/C6H14O3S/c7-5-3-1-2-4-6-10(8)9/h7,10H,1-6H2. The van der Waals surface area contributed by atoms with Gasteiger partial charge in [-0.25, -0.2) is 8.42 Å². The molecule has 62 valence electrons. The summed E-state index contributed by atoms with van der Waals surface area (Å²) in [5, 5.41) is 8.36. The van der Waals surface area contributed by atoms with Crippen LogP contribution < -0.4 is 0 Å². The topological polar surface area (TPSA) is 54.4 Å². The van der Waals surface area contributed by atoms with E-state index < -0.39 is 10.7 Å². The normalized spacial score (nSPS) is 10.6. The maximum absolute atomic E-state index is 10.0. The van der Waals surface area contributed by atoms with Gasteiger partial charge in [0, 0.05) is 12.4 Å². The molecular formula is C6H14O3S. The van der Waals surface area contributed by atoms with Crippen LogP contribution in [0.5, 0.6) is 0 Å². The van der Waals surface area contributed by atoms with E-state index in [1.165, 1.54) is 0 Å². The van der Waals surface area contributed by atoms with Gasteiger partial charge >= 0.3 is 0 Å². The molecule has 3 nitrogen and oxygen atoms in total. The molecule has 0 saturated carbocycles. The Kier molecular flexibility index (Phi) is 6.96. The third-order valence-electron chi connectivity index (χ3n) is 1.25. The Morgan fingerprint density at radius 1 is 1.00 bits per heavy atom. The Labute approximate surface area is 63.0 Å². The highest BCUT2D eigenvalue weighted by Crippen LogP contribution is 1.98. The summed E-state index contributed by atoms with van der Waals surface area (Å²) in [7, 11) is -2.18. The third-order valence-corrected chi connectivity index (χ3v) is 1.93. The summed E-state index contributed by atoms with van der Waals surface area (Å²) < 4.78 is 20.0. The zero-order valence-electron chi connectivity index (χ0n) is 5.95. The fourth-order valence-corrected chi connectivity index (χ4v) is 1.19. The van der Waals surface area contributed by atoms with Crippen molar-refractivity contribution in [1.82, 2.24) is 0 Å². The second-order valence-corrected chi connectivity index (χ2v) is 3.31. The minimum absolute atomic E-state index is 0.212. The third kappa shape index (κ3) is 7.91. The van der Waals surface area contributed by atoms with E-state index in [-0.39, 0.29) is 6.61 Å². The molecule has 4 heteroatoms. The van der Waals surface area contributed by atoms with Crippen LogP contribution in [0, 0.1) is 0 Å². The van der Waals surface area contributed by atoms with Crippen LogP contribution >= 0.6 is 0 Å². The van der Waals surface area contributed by atoms with Gasteiger partial charge in [0.1, 0.15) is 10.7 Å². The van der Waals surface area contributed by atoms with Crippen molar-refractivity contribution in [2.75, 3.05) is 12.4 Å². The van der Waals surface area contributed by atoms with Crippen LogP contribution in [0.2, 0.25) is 0 Å². The van der Waals surface area contributed by atoms with Crippen molar-refractivity contribution in [3.8, 4) is 0 Å². The molecule has 0 amide bonds. The van der Waals surface area contributed by atoms with Gasteiger partial charge in [0.25, 0.3) is 0 Å². The molecule has 0 heterocycles. The number of hydrogen-bond donors (Lipinski definition) is 2. The molecule has 0 aromatic heterocycles. The molecule has 0 saturated heterocycles. The van der Waals surface area contributed by atoms with Crippen LogP contribution in [0.25, 0.3) is 0 Å². The summed E-state index contributed by atoms with van der Waals surface area (Å²) >= 11 is 0. The number of aliphatic hydroxyl groups excluding tert-OH is 1. The lowest BCUT2D eigenvalue weighted by atomic mass is 10.2. The lowest BCUT2D eigenvalue weighted by molar-refractivity contribution is 0.283. The molecule has 0 aliphatic heterocycles. The first kappa shape index (κ1) is 9.91. The Balaban J connectivity index is 2.91. The Bertz CT molecular complexity index is 123. The highest BCUT2D eigenvalue weighted by atomic mass is 32.2. The number of aliphatic hydroxyl groups is 1. The molecule has 0 aliphatic carbocycles. The van der Waals surface area contributed by atoms with E-state index in [0.29, 0.717) is 5.75 Å². The maximum atomic E-state index is 10.0. The summed E-state index contributed by atoms with van der Waals surface area (Å²) in [5.41, 5.74) is 0. The minimum atomic E-state index is -2.18. The first-order chi connectivity index (χ1) is 4.77. The summed E-state index contributed by atoms with van der Waals surface area (Å²) in [6.07, 6.45) is 3.36. The average Bonchev–Trinajstić information content (AvgIpc) is 1.87. The summed E-state index contributed by atoms with van der Waals surface area (Å²) in [6.45, 7) is 0.212.